The van der Waals surface area contributed by atoms with Gasteiger partial charge in [0.2, 0.25) is 5.82 Å². The Kier molecular flexibility index (Phi) is 4.36. The summed E-state index contributed by atoms with van der Waals surface area (Å²) in [5, 5.41) is 14.0. The third-order valence-corrected chi connectivity index (χ3v) is 4.85. The Morgan fingerprint density at radius 1 is 0.867 bits per heavy atom. The van der Waals surface area contributed by atoms with Gasteiger partial charge in [0.1, 0.15) is 11.5 Å². The molecule has 3 aromatic heterocycles. The molecule has 2 aromatic carbocycles. The third kappa shape index (κ3) is 3.24. The molecule has 5 aromatic rings. The lowest BCUT2D eigenvalue weighted by atomic mass is 10.1. The number of hydrogen-bond donors (Lipinski definition) is 1. The molecule has 0 unspecified atom stereocenters. The van der Waals surface area contributed by atoms with Gasteiger partial charge in [-0.05, 0) is 59.8 Å². The largest absolute Gasteiger partial charge is 0.343 e. The van der Waals surface area contributed by atoms with E-state index in [0.717, 1.165) is 22.6 Å². The van der Waals surface area contributed by atoms with Crippen molar-refractivity contribution in [3.63, 3.8) is 0 Å². The van der Waals surface area contributed by atoms with E-state index in [-0.39, 0.29) is 5.82 Å². The predicted molar refractivity (Wildman–Crippen MR) is 113 cm³/mol. The minimum atomic E-state index is -0.288. The number of para-hydroxylation sites is 1. The van der Waals surface area contributed by atoms with Crippen molar-refractivity contribution in [2.75, 3.05) is 11.9 Å². The highest BCUT2D eigenvalue weighted by Crippen LogP contribution is 2.35. The van der Waals surface area contributed by atoms with Crippen molar-refractivity contribution in [3.05, 3.63) is 78.6 Å². The fourth-order valence-electron chi connectivity index (χ4n) is 3.31. The Balaban J connectivity index is 1.72. The van der Waals surface area contributed by atoms with Gasteiger partial charge >= 0.3 is 0 Å². The van der Waals surface area contributed by atoms with Gasteiger partial charge in [-0.25, -0.2) is 14.4 Å². The van der Waals surface area contributed by atoms with Crippen LogP contribution in [0, 0.1) is 5.82 Å². The van der Waals surface area contributed by atoms with E-state index in [1.165, 1.54) is 12.1 Å². The van der Waals surface area contributed by atoms with Crippen molar-refractivity contribution >= 4 is 22.4 Å². The van der Waals surface area contributed by atoms with Crippen LogP contribution in [0.1, 0.15) is 0 Å². The van der Waals surface area contributed by atoms with E-state index in [1.807, 2.05) is 54.4 Å². The normalized spacial score (nSPS) is 11.0. The number of benzene rings is 2. The molecule has 146 valence electrons. The summed E-state index contributed by atoms with van der Waals surface area (Å²) in [6.45, 7) is 0. The second-order valence-corrected chi connectivity index (χ2v) is 6.73. The van der Waals surface area contributed by atoms with Gasteiger partial charge in [-0.3, -0.25) is 0 Å². The summed E-state index contributed by atoms with van der Waals surface area (Å²) in [4.78, 5) is 11.6. The minimum absolute atomic E-state index is 0.288. The number of aromatic nitrogens is 6. The smallest absolute Gasteiger partial charge is 0.222 e. The van der Waals surface area contributed by atoms with E-state index in [9.17, 15) is 4.39 Å². The SMILES string of the molecule is CN(c1ccccc1)c1cc2nc(-c3nn[nH]n3)ccc2nc1-c1ccc(F)cc1. The van der Waals surface area contributed by atoms with Gasteiger partial charge in [0.05, 0.1) is 22.4 Å². The zero-order valence-corrected chi connectivity index (χ0v) is 16.0. The summed E-state index contributed by atoms with van der Waals surface area (Å²) in [6, 6.07) is 21.9. The van der Waals surface area contributed by atoms with Crippen LogP contribution in [-0.2, 0) is 0 Å². The number of halogens is 1. The van der Waals surface area contributed by atoms with Gasteiger partial charge in [0.15, 0.2) is 0 Å². The molecule has 0 atom stereocenters. The molecule has 0 aliphatic heterocycles. The lowest BCUT2D eigenvalue weighted by Crippen LogP contribution is -2.11. The van der Waals surface area contributed by atoms with E-state index >= 15 is 0 Å². The lowest BCUT2D eigenvalue weighted by Gasteiger charge is -2.23. The topological polar surface area (TPSA) is 83.5 Å². The van der Waals surface area contributed by atoms with Crippen molar-refractivity contribution in [2.24, 2.45) is 0 Å². The number of aromatic amines is 1. The van der Waals surface area contributed by atoms with Crippen LogP contribution in [0.5, 0.6) is 0 Å². The van der Waals surface area contributed by atoms with Crippen LogP contribution in [-0.4, -0.2) is 37.6 Å². The highest BCUT2D eigenvalue weighted by molar-refractivity contribution is 5.89. The molecular formula is C22H16FN7. The number of H-pyrrole nitrogens is 1. The van der Waals surface area contributed by atoms with Crippen LogP contribution in [0.25, 0.3) is 33.8 Å². The van der Waals surface area contributed by atoms with Gasteiger partial charge in [0, 0.05) is 18.3 Å². The van der Waals surface area contributed by atoms with Gasteiger partial charge in [-0.2, -0.15) is 5.21 Å². The molecule has 3 heterocycles. The van der Waals surface area contributed by atoms with E-state index in [1.54, 1.807) is 18.2 Å². The monoisotopic (exact) mass is 397 g/mol. The first-order valence-corrected chi connectivity index (χ1v) is 9.29. The number of hydrogen-bond acceptors (Lipinski definition) is 6. The van der Waals surface area contributed by atoms with Crippen molar-refractivity contribution in [2.45, 2.75) is 0 Å². The number of pyridine rings is 2. The molecule has 7 nitrogen and oxygen atoms in total. The highest BCUT2D eigenvalue weighted by Gasteiger charge is 2.16. The Hall–Kier alpha value is -4.20. The fourth-order valence-corrected chi connectivity index (χ4v) is 3.31. The summed E-state index contributed by atoms with van der Waals surface area (Å²) in [5.41, 5.74) is 5.41. The molecule has 0 spiro atoms. The molecule has 0 fully saturated rings. The number of anilines is 2. The summed E-state index contributed by atoms with van der Waals surface area (Å²) >= 11 is 0. The summed E-state index contributed by atoms with van der Waals surface area (Å²) in [5.74, 6) is 0.126. The summed E-state index contributed by atoms with van der Waals surface area (Å²) in [6.07, 6.45) is 0. The quantitative estimate of drug-likeness (QED) is 0.484. The first-order chi connectivity index (χ1) is 14.7. The standard InChI is InChI=1S/C22H16FN7/c1-30(16-5-3-2-4-6-16)20-13-19-17(11-12-18(24-19)22-26-28-29-27-22)25-21(20)14-7-9-15(23)10-8-14/h2-13H,1H3,(H,26,27,28,29). The Morgan fingerprint density at radius 2 is 1.67 bits per heavy atom. The van der Waals surface area contributed by atoms with Crippen LogP contribution in [0.15, 0.2) is 72.8 Å². The van der Waals surface area contributed by atoms with Gasteiger partial charge in [-0.1, -0.05) is 18.2 Å². The van der Waals surface area contributed by atoms with Crippen LogP contribution >= 0.6 is 0 Å². The second kappa shape index (κ2) is 7.32. The van der Waals surface area contributed by atoms with Crippen LogP contribution in [0.4, 0.5) is 15.8 Å². The maximum Gasteiger partial charge on any atom is 0.222 e. The van der Waals surface area contributed by atoms with E-state index in [4.69, 9.17) is 4.98 Å². The number of rotatable bonds is 4. The molecule has 5 rings (SSSR count). The molecule has 0 aliphatic rings. The Labute approximate surface area is 171 Å². The third-order valence-electron chi connectivity index (χ3n) is 4.85. The zero-order valence-electron chi connectivity index (χ0n) is 16.0. The molecule has 0 radical (unpaired) electrons. The average Bonchev–Trinajstić information content (AvgIpc) is 3.33. The number of tetrazole rings is 1. The van der Waals surface area contributed by atoms with Crippen molar-refractivity contribution in [1.29, 1.82) is 0 Å². The second-order valence-electron chi connectivity index (χ2n) is 6.73. The molecular weight excluding hydrogens is 381 g/mol. The van der Waals surface area contributed by atoms with E-state index < -0.39 is 0 Å². The van der Waals surface area contributed by atoms with Crippen LogP contribution in [0.3, 0.4) is 0 Å². The van der Waals surface area contributed by atoms with Crippen molar-refractivity contribution < 1.29 is 4.39 Å². The zero-order chi connectivity index (χ0) is 20.5. The first-order valence-electron chi connectivity index (χ1n) is 9.29. The van der Waals surface area contributed by atoms with Crippen molar-refractivity contribution in [3.8, 4) is 22.8 Å². The summed E-state index contributed by atoms with van der Waals surface area (Å²) < 4.78 is 13.5. The molecule has 8 heteroatoms. The Bertz CT molecular complexity index is 1300. The van der Waals surface area contributed by atoms with Gasteiger partial charge < -0.3 is 4.90 Å². The molecule has 0 aliphatic carbocycles. The van der Waals surface area contributed by atoms with E-state index in [2.05, 4.69) is 25.6 Å². The number of nitrogens with zero attached hydrogens (tertiary/aromatic N) is 6. The molecule has 0 saturated carbocycles. The predicted octanol–water partition coefficient (Wildman–Crippen LogP) is 4.38. The average molecular weight is 397 g/mol. The van der Waals surface area contributed by atoms with E-state index in [0.29, 0.717) is 22.6 Å². The molecule has 0 saturated heterocycles. The molecule has 0 bridgehead atoms. The number of fused-ring (bicyclic) bond motifs is 1. The number of nitrogens with one attached hydrogen (secondary N) is 1. The summed E-state index contributed by atoms with van der Waals surface area (Å²) in [7, 11) is 1.97. The van der Waals surface area contributed by atoms with Gasteiger partial charge in [0.25, 0.3) is 0 Å². The van der Waals surface area contributed by atoms with Crippen molar-refractivity contribution in [1.82, 2.24) is 30.6 Å². The minimum Gasteiger partial charge on any atom is -0.343 e. The Morgan fingerprint density at radius 3 is 2.40 bits per heavy atom. The van der Waals surface area contributed by atoms with Crippen LogP contribution in [0.2, 0.25) is 0 Å². The molecule has 1 N–H and O–H groups in total. The first kappa shape index (κ1) is 17.9. The highest BCUT2D eigenvalue weighted by atomic mass is 19.1. The maximum absolute atomic E-state index is 13.5. The van der Waals surface area contributed by atoms with Gasteiger partial charge in [-0.15, -0.1) is 10.2 Å². The maximum atomic E-state index is 13.5. The lowest BCUT2D eigenvalue weighted by molar-refractivity contribution is 0.628. The molecule has 30 heavy (non-hydrogen) atoms. The fraction of sp³-hybridized carbons (Fsp3) is 0.0455. The molecule has 0 amide bonds. The van der Waals surface area contributed by atoms with Crippen LogP contribution < -0.4 is 4.90 Å².